The number of aromatic hydroxyl groups is 2. The normalized spacial score (nSPS) is 12.2. The van der Waals surface area contributed by atoms with Crippen LogP contribution >= 0.6 is 0 Å². The van der Waals surface area contributed by atoms with Crippen molar-refractivity contribution < 1.29 is 24.5 Å². The summed E-state index contributed by atoms with van der Waals surface area (Å²) in [5, 5.41) is 22.5. The number of carbonyl (C=O) groups excluding carboxylic acids is 2. The van der Waals surface area contributed by atoms with E-state index >= 15 is 0 Å². The van der Waals surface area contributed by atoms with Crippen LogP contribution in [0, 0.1) is 0 Å². The molecule has 0 aliphatic rings. The number of esters is 1. The zero-order valence-corrected chi connectivity index (χ0v) is 15.9. The second kappa shape index (κ2) is 8.97. The fourth-order valence-electron chi connectivity index (χ4n) is 2.99. The number of para-hydroxylation sites is 1. The summed E-state index contributed by atoms with van der Waals surface area (Å²) in [4.78, 5) is 27.9. The summed E-state index contributed by atoms with van der Waals surface area (Å²) >= 11 is 0. The molecular formula is C22H22N2O5. The third-order valence-electron chi connectivity index (χ3n) is 4.41. The molecule has 1 aromatic heterocycles. The van der Waals surface area contributed by atoms with Gasteiger partial charge in [0, 0.05) is 29.6 Å². The number of rotatable bonds is 7. The van der Waals surface area contributed by atoms with E-state index in [2.05, 4.69) is 10.3 Å². The summed E-state index contributed by atoms with van der Waals surface area (Å²) in [6, 6.07) is 11.1. The van der Waals surface area contributed by atoms with Crippen LogP contribution in [-0.2, 0) is 20.7 Å². The Kier molecular flexibility index (Phi) is 6.19. The van der Waals surface area contributed by atoms with Crippen molar-refractivity contribution in [3.05, 3.63) is 65.9 Å². The van der Waals surface area contributed by atoms with Gasteiger partial charge in [-0.15, -0.1) is 0 Å². The number of amides is 1. The first kappa shape index (κ1) is 20.0. The molecule has 0 fully saturated rings. The predicted molar refractivity (Wildman–Crippen MR) is 109 cm³/mol. The average Bonchev–Trinajstić information content (AvgIpc) is 3.11. The van der Waals surface area contributed by atoms with Gasteiger partial charge >= 0.3 is 5.97 Å². The highest BCUT2D eigenvalue weighted by Crippen LogP contribution is 2.25. The van der Waals surface area contributed by atoms with E-state index in [1.165, 1.54) is 24.3 Å². The third-order valence-corrected chi connectivity index (χ3v) is 4.41. The lowest BCUT2D eigenvalue weighted by Crippen LogP contribution is -2.42. The Hall–Kier alpha value is -3.74. The van der Waals surface area contributed by atoms with E-state index in [4.69, 9.17) is 4.74 Å². The molecule has 0 unspecified atom stereocenters. The highest BCUT2D eigenvalue weighted by molar-refractivity contribution is 5.95. The first-order chi connectivity index (χ1) is 14.0. The zero-order chi connectivity index (χ0) is 20.8. The molecule has 150 valence electrons. The smallest absolute Gasteiger partial charge is 0.328 e. The van der Waals surface area contributed by atoms with Crippen molar-refractivity contribution in [1.29, 1.82) is 0 Å². The predicted octanol–water partition coefficient (Wildman–Crippen LogP) is 2.88. The second-order valence-electron chi connectivity index (χ2n) is 6.46. The lowest BCUT2D eigenvalue weighted by atomic mass is 10.0. The Morgan fingerprint density at radius 1 is 1.17 bits per heavy atom. The number of phenols is 2. The van der Waals surface area contributed by atoms with Crippen LogP contribution < -0.4 is 5.32 Å². The molecule has 0 saturated carbocycles. The monoisotopic (exact) mass is 394 g/mol. The van der Waals surface area contributed by atoms with Crippen LogP contribution in [0.25, 0.3) is 17.0 Å². The number of phenolic OH excluding ortho intramolecular Hbond substituents is 2. The second-order valence-corrected chi connectivity index (χ2v) is 6.46. The molecule has 4 N–H and O–H groups in total. The molecule has 2 aromatic carbocycles. The number of carbonyl (C=O) groups is 2. The van der Waals surface area contributed by atoms with E-state index in [-0.39, 0.29) is 24.5 Å². The summed E-state index contributed by atoms with van der Waals surface area (Å²) < 4.78 is 5.11. The van der Waals surface area contributed by atoms with Crippen molar-refractivity contribution in [2.24, 2.45) is 0 Å². The SMILES string of the molecule is CCOC(=O)[C@H](Cc1c[nH]c2ccccc12)NC(=O)C=Cc1ccc(O)c(O)c1. The molecule has 0 radical (unpaired) electrons. The number of hydrogen-bond donors (Lipinski definition) is 4. The van der Waals surface area contributed by atoms with Gasteiger partial charge in [-0.25, -0.2) is 4.79 Å². The number of H-pyrrole nitrogens is 1. The van der Waals surface area contributed by atoms with Gasteiger partial charge in [0.2, 0.25) is 5.91 Å². The molecule has 29 heavy (non-hydrogen) atoms. The van der Waals surface area contributed by atoms with Gasteiger partial charge in [0.25, 0.3) is 0 Å². The molecule has 7 heteroatoms. The number of benzene rings is 2. The summed E-state index contributed by atoms with van der Waals surface area (Å²) in [5.74, 6) is -1.51. The molecule has 0 bridgehead atoms. The molecule has 7 nitrogen and oxygen atoms in total. The highest BCUT2D eigenvalue weighted by Gasteiger charge is 2.23. The largest absolute Gasteiger partial charge is 0.504 e. The van der Waals surface area contributed by atoms with E-state index in [1.807, 2.05) is 30.5 Å². The van der Waals surface area contributed by atoms with Gasteiger partial charge in [0.1, 0.15) is 6.04 Å². The summed E-state index contributed by atoms with van der Waals surface area (Å²) in [7, 11) is 0. The van der Waals surface area contributed by atoms with Crippen LogP contribution in [-0.4, -0.2) is 39.7 Å². The van der Waals surface area contributed by atoms with Crippen LogP contribution in [0.5, 0.6) is 11.5 Å². The van der Waals surface area contributed by atoms with Gasteiger partial charge in [-0.3, -0.25) is 4.79 Å². The zero-order valence-electron chi connectivity index (χ0n) is 15.9. The summed E-state index contributed by atoms with van der Waals surface area (Å²) in [6.45, 7) is 1.92. The molecule has 0 aliphatic carbocycles. The van der Waals surface area contributed by atoms with Gasteiger partial charge in [-0.2, -0.15) is 0 Å². The fraction of sp³-hybridized carbons (Fsp3) is 0.182. The Morgan fingerprint density at radius 3 is 2.72 bits per heavy atom. The van der Waals surface area contributed by atoms with Gasteiger partial charge in [0.05, 0.1) is 6.61 Å². The van der Waals surface area contributed by atoms with Crippen LogP contribution in [0.15, 0.2) is 54.7 Å². The van der Waals surface area contributed by atoms with E-state index < -0.39 is 17.9 Å². The number of fused-ring (bicyclic) bond motifs is 1. The van der Waals surface area contributed by atoms with E-state index in [1.54, 1.807) is 13.0 Å². The average molecular weight is 394 g/mol. The van der Waals surface area contributed by atoms with Crippen molar-refractivity contribution in [2.75, 3.05) is 6.61 Å². The maximum atomic E-state index is 12.4. The number of hydrogen-bond acceptors (Lipinski definition) is 5. The van der Waals surface area contributed by atoms with Gasteiger partial charge < -0.3 is 25.3 Å². The van der Waals surface area contributed by atoms with Crippen molar-refractivity contribution in [3.8, 4) is 11.5 Å². The van der Waals surface area contributed by atoms with Crippen LogP contribution in [0.1, 0.15) is 18.1 Å². The van der Waals surface area contributed by atoms with Crippen LogP contribution in [0.4, 0.5) is 0 Å². The standard InChI is InChI=1S/C22H22N2O5/c1-2-29-22(28)18(12-15-13-23-17-6-4-3-5-16(15)17)24-21(27)10-8-14-7-9-19(25)20(26)11-14/h3-11,13,18,23,25-26H,2,12H2,1H3,(H,24,27)/t18-/m0/s1. The first-order valence-corrected chi connectivity index (χ1v) is 9.20. The molecule has 1 amide bonds. The van der Waals surface area contributed by atoms with Gasteiger partial charge in [-0.05, 0) is 42.3 Å². The van der Waals surface area contributed by atoms with E-state index in [0.717, 1.165) is 16.5 Å². The van der Waals surface area contributed by atoms with E-state index in [9.17, 15) is 19.8 Å². The molecule has 3 aromatic rings. The van der Waals surface area contributed by atoms with Crippen molar-refractivity contribution in [3.63, 3.8) is 0 Å². The summed E-state index contributed by atoms with van der Waals surface area (Å²) in [5.41, 5.74) is 2.37. The number of nitrogens with one attached hydrogen (secondary N) is 2. The lowest BCUT2D eigenvalue weighted by Gasteiger charge is -2.16. The third kappa shape index (κ3) is 4.95. The number of aromatic amines is 1. The fourth-order valence-corrected chi connectivity index (χ4v) is 2.99. The Labute approximate surface area is 167 Å². The number of aromatic nitrogens is 1. The summed E-state index contributed by atoms with van der Waals surface area (Å²) in [6.07, 6.45) is 4.83. The highest BCUT2D eigenvalue weighted by atomic mass is 16.5. The quantitative estimate of drug-likeness (QED) is 0.280. The number of ether oxygens (including phenoxy) is 1. The molecule has 1 heterocycles. The Bertz CT molecular complexity index is 1050. The molecule has 0 aliphatic heterocycles. The van der Waals surface area contributed by atoms with Crippen molar-refractivity contribution >= 4 is 28.9 Å². The molecule has 3 rings (SSSR count). The van der Waals surface area contributed by atoms with Crippen LogP contribution in [0.3, 0.4) is 0 Å². The minimum Gasteiger partial charge on any atom is -0.504 e. The minimum absolute atomic E-state index is 0.210. The van der Waals surface area contributed by atoms with Crippen molar-refractivity contribution in [1.82, 2.24) is 10.3 Å². The maximum absolute atomic E-state index is 12.4. The Morgan fingerprint density at radius 2 is 1.97 bits per heavy atom. The maximum Gasteiger partial charge on any atom is 0.328 e. The van der Waals surface area contributed by atoms with Crippen LogP contribution in [0.2, 0.25) is 0 Å². The molecule has 0 saturated heterocycles. The van der Waals surface area contributed by atoms with Gasteiger partial charge in [0.15, 0.2) is 11.5 Å². The van der Waals surface area contributed by atoms with Gasteiger partial charge in [-0.1, -0.05) is 24.3 Å². The molecule has 1 atom stereocenters. The first-order valence-electron chi connectivity index (χ1n) is 9.20. The lowest BCUT2D eigenvalue weighted by molar-refractivity contribution is -0.146. The Balaban J connectivity index is 1.74. The topological polar surface area (TPSA) is 112 Å². The van der Waals surface area contributed by atoms with E-state index in [0.29, 0.717) is 5.56 Å². The molecule has 0 spiro atoms. The molecular weight excluding hydrogens is 372 g/mol. The minimum atomic E-state index is -0.848. The van der Waals surface area contributed by atoms with Crippen molar-refractivity contribution in [2.45, 2.75) is 19.4 Å².